The van der Waals surface area contributed by atoms with Crippen LogP contribution in [0.15, 0.2) is 91.6 Å². The van der Waals surface area contributed by atoms with Crippen molar-refractivity contribution < 1.29 is 56.2 Å². The molecule has 3 N–H and O–H groups in total. The van der Waals surface area contributed by atoms with Crippen molar-refractivity contribution in [1.29, 1.82) is 0 Å². The molecule has 0 aliphatic carbocycles. The molecule has 0 spiro atoms. The van der Waals surface area contributed by atoms with E-state index in [1.54, 1.807) is 49.5 Å². The van der Waals surface area contributed by atoms with Gasteiger partial charge in [-0.25, -0.2) is 34.3 Å². The minimum Gasteiger partial charge on any atom is -1.00 e. The summed E-state index contributed by atoms with van der Waals surface area (Å²) in [5.74, 6) is 0. The summed E-state index contributed by atoms with van der Waals surface area (Å²) in [4.78, 5) is 0.706. The van der Waals surface area contributed by atoms with Gasteiger partial charge in [0.05, 0.1) is 4.90 Å². The van der Waals surface area contributed by atoms with Crippen LogP contribution in [0.4, 0.5) is 0 Å². The number of nitrogens with one attached hydrogen (secondary N) is 1. The van der Waals surface area contributed by atoms with E-state index in [0.29, 0.717) is 33.8 Å². The predicted molar refractivity (Wildman–Crippen MR) is 182 cm³/mol. The minimum absolute atomic E-state index is 0. The summed E-state index contributed by atoms with van der Waals surface area (Å²) in [5.41, 5.74) is 5.40. The summed E-state index contributed by atoms with van der Waals surface area (Å²) in [6.07, 6.45) is 0.782. The molecule has 1 aliphatic rings. The van der Waals surface area contributed by atoms with Gasteiger partial charge in [0.2, 0.25) is 20.0 Å². The number of nitrogens with zero attached hydrogens (tertiary/aromatic N) is 1. The van der Waals surface area contributed by atoms with Gasteiger partial charge in [-0.15, -0.1) is 0 Å². The molecule has 0 saturated heterocycles. The van der Waals surface area contributed by atoms with Crippen LogP contribution < -0.4 is 40.0 Å². The summed E-state index contributed by atoms with van der Waals surface area (Å²) in [6, 6.07) is 15.5. The molecule has 0 fully saturated rings. The SMILES string of the molecule is CN.CN1CCc2cccc(Br)c2S1(=O)=O.CNS(=O)(=O)c1c(Br)cccc1Br.O=S(=O)(Cl)c1c(Br)cccc1Br.[H-].[Na+]. The van der Waals surface area contributed by atoms with E-state index in [9.17, 15) is 25.3 Å². The monoisotopic (exact) mass is 989 g/mol. The van der Waals surface area contributed by atoms with E-state index in [1.807, 2.05) is 12.1 Å². The Morgan fingerprint density at radius 1 is 0.810 bits per heavy atom. The molecule has 3 aromatic rings. The minimum atomic E-state index is -3.69. The van der Waals surface area contributed by atoms with Crippen molar-refractivity contribution in [1.82, 2.24) is 9.03 Å². The van der Waals surface area contributed by atoms with Gasteiger partial charge in [-0.2, -0.15) is 0 Å². The van der Waals surface area contributed by atoms with E-state index in [-0.39, 0.29) is 40.8 Å². The molecular formula is C23H26Br5ClN3NaO6S3. The molecule has 19 heteroatoms. The number of benzene rings is 3. The van der Waals surface area contributed by atoms with Crippen molar-refractivity contribution in [3.8, 4) is 0 Å². The molecule has 0 saturated carbocycles. The largest absolute Gasteiger partial charge is 1.00 e. The Morgan fingerprint density at radius 2 is 1.19 bits per heavy atom. The first-order valence-electron chi connectivity index (χ1n) is 11.0. The van der Waals surface area contributed by atoms with E-state index in [2.05, 4.69) is 90.1 Å². The molecule has 0 unspecified atom stereocenters. The van der Waals surface area contributed by atoms with E-state index >= 15 is 0 Å². The van der Waals surface area contributed by atoms with Crippen LogP contribution in [0.3, 0.4) is 0 Å². The zero-order valence-corrected chi connectivity index (χ0v) is 35.7. The number of fused-ring (bicyclic) bond motifs is 1. The molecular weight excluding hydrogens is 968 g/mol. The molecule has 9 nitrogen and oxygen atoms in total. The summed E-state index contributed by atoms with van der Waals surface area (Å²) >= 11 is 15.8. The van der Waals surface area contributed by atoms with Gasteiger partial charge in [0.25, 0.3) is 9.05 Å². The van der Waals surface area contributed by atoms with Gasteiger partial charge in [-0.05, 0) is 136 Å². The van der Waals surface area contributed by atoms with Gasteiger partial charge in [0.1, 0.15) is 9.79 Å². The molecule has 0 amide bonds. The van der Waals surface area contributed by atoms with Crippen molar-refractivity contribution in [2.24, 2.45) is 5.73 Å². The molecule has 4 rings (SSSR count). The van der Waals surface area contributed by atoms with Gasteiger partial charge in [-0.3, -0.25) is 0 Å². The van der Waals surface area contributed by atoms with E-state index < -0.39 is 29.1 Å². The number of halogens is 6. The van der Waals surface area contributed by atoms with Crippen LogP contribution in [0.1, 0.15) is 6.99 Å². The average Bonchev–Trinajstić information content (AvgIpc) is 2.87. The standard InChI is InChI=1S/C9H10BrNO2S.C7H7Br2NO2S.C6H3Br2ClO2S.CH5N.Na.H/c1-11-6-5-7-3-2-4-8(10)9(7)14(11,12)13;1-10-13(11,12)7-5(8)3-2-4-6(7)9;7-4-2-1-3-5(8)6(4)12(9,10)11;1-2;;/h2-4H,5-6H2,1H3;2-4,10H,1H3;1-3H;2H2,1H3;;/q;;;;+1;-1. The Balaban J connectivity index is 0. The van der Waals surface area contributed by atoms with E-state index in [0.717, 1.165) is 12.0 Å². The Kier molecular flexibility index (Phi) is 19.5. The summed E-state index contributed by atoms with van der Waals surface area (Å²) < 4.78 is 75.0. The van der Waals surface area contributed by atoms with Crippen molar-refractivity contribution in [3.63, 3.8) is 0 Å². The molecule has 0 aromatic heterocycles. The number of hydrogen-bond donors (Lipinski definition) is 2. The van der Waals surface area contributed by atoms with Gasteiger partial charge >= 0.3 is 29.6 Å². The van der Waals surface area contributed by atoms with Crippen LogP contribution in [-0.2, 0) is 35.5 Å². The maximum Gasteiger partial charge on any atom is 1.00 e. The van der Waals surface area contributed by atoms with Gasteiger partial charge in [-0.1, -0.05) is 24.3 Å². The van der Waals surface area contributed by atoms with Gasteiger partial charge < -0.3 is 7.16 Å². The Bertz CT molecular complexity index is 1670. The predicted octanol–water partition coefficient (Wildman–Crippen LogP) is 3.58. The van der Waals surface area contributed by atoms with Crippen LogP contribution in [-0.4, -0.2) is 57.2 Å². The molecule has 1 heterocycles. The topological polar surface area (TPSA) is 144 Å². The van der Waals surface area contributed by atoms with Crippen molar-refractivity contribution in [2.75, 3.05) is 27.7 Å². The number of likely N-dealkylation sites (N-methyl/N-ethyl adjacent to an activating group) is 1. The van der Waals surface area contributed by atoms with Crippen LogP contribution in [0.25, 0.3) is 0 Å². The average molecular weight is 995 g/mol. The molecule has 42 heavy (non-hydrogen) atoms. The summed E-state index contributed by atoms with van der Waals surface area (Å²) in [6.45, 7) is 0.561. The van der Waals surface area contributed by atoms with Gasteiger partial charge in [0.15, 0.2) is 0 Å². The molecule has 0 radical (unpaired) electrons. The number of sulfonamides is 2. The second-order valence-electron chi connectivity index (χ2n) is 7.55. The van der Waals surface area contributed by atoms with E-state index in [1.165, 1.54) is 18.4 Å². The smallest absolute Gasteiger partial charge is 1.00 e. The first-order valence-corrected chi connectivity index (χ1v) is 20.2. The zero-order chi connectivity index (χ0) is 31.8. The van der Waals surface area contributed by atoms with Crippen molar-refractivity contribution >= 4 is 119 Å². The first-order chi connectivity index (χ1) is 18.9. The van der Waals surface area contributed by atoms with Crippen molar-refractivity contribution in [3.05, 3.63) is 82.5 Å². The Labute approximate surface area is 317 Å². The Morgan fingerprint density at radius 3 is 1.57 bits per heavy atom. The molecule has 0 atom stereocenters. The van der Waals surface area contributed by atoms with Crippen molar-refractivity contribution in [2.45, 2.75) is 21.1 Å². The maximum absolute atomic E-state index is 11.9. The fourth-order valence-electron chi connectivity index (χ4n) is 3.15. The molecule has 1 aliphatic heterocycles. The zero-order valence-electron chi connectivity index (χ0n) is 23.6. The molecule has 3 aromatic carbocycles. The maximum atomic E-state index is 11.9. The molecule has 0 bridgehead atoms. The van der Waals surface area contributed by atoms with E-state index in [4.69, 9.17) is 10.7 Å². The quantitative estimate of drug-likeness (QED) is 0.302. The Hall–Kier alpha value is 1.08. The number of rotatable bonds is 3. The van der Waals surface area contributed by atoms with Crippen LogP contribution in [0.5, 0.6) is 0 Å². The third-order valence-electron chi connectivity index (χ3n) is 5.03. The normalized spacial score (nSPS) is 13.9. The fourth-order valence-corrected chi connectivity index (χ4v) is 12.7. The number of nitrogens with two attached hydrogens (primary N) is 1. The fraction of sp³-hybridized carbons (Fsp3) is 0.217. The van der Waals surface area contributed by atoms with Crippen LogP contribution >= 0.6 is 90.3 Å². The number of hydrogen-bond acceptors (Lipinski definition) is 7. The summed E-state index contributed by atoms with van der Waals surface area (Å²) in [5, 5.41) is 0. The third-order valence-corrected chi connectivity index (χ3v) is 14.6. The second-order valence-corrected chi connectivity index (χ2v) is 18.1. The summed E-state index contributed by atoms with van der Waals surface area (Å²) in [7, 11) is -0.688. The second kappa shape index (κ2) is 19.0. The van der Waals surface area contributed by atoms with Gasteiger partial charge in [0, 0.05) is 46.6 Å². The molecule has 230 valence electrons. The van der Waals surface area contributed by atoms with Crippen LogP contribution in [0.2, 0.25) is 0 Å². The van der Waals surface area contributed by atoms with Crippen LogP contribution in [0, 0.1) is 0 Å². The first kappa shape index (κ1) is 43.1. The third kappa shape index (κ3) is 11.7.